The maximum absolute atomic E-state index is 13.7. The Kier molecular flexibility index (Phi) is 7.48. The number of rotatable bonds is 5. The van der Waals surface area contributed by atoms with Crippen molar-refractivity contribution in [1.82, 2.24) is 14.9 Å². The zero-order valence-corrected chi connectivity index (χ0v) is 24.8. The van der Waals surface area contributed by atoms with Crippen molar-refractivity contribution in [3.05, 3.63) is 101 Å². The predicted octanol–water partition coefficient (Wildman–Crippen LogP) is 6.96. The highest BCUT2D eigenvalue weighted by Crippen LogP contribution is 2.37. The van der Waals surface area contributed by atoms with Gasteiger partial charge in [-0.25, -0.2) is 9.97 Å². The molecule has 8 nitrogen and oxygen atoms in total. The first-order chi connectivity index (χ1) is 21.7. The van der Waals surface area contributed by atoms with Gasteiger partial charge in [-0.15, -0.1) is 0 Å². The van der Waals surface area contributed by atoms with Crippen molar-refractivity contribution in [2.75, 3.05) is 54.4 Å². The first kappa shape index (κ1) is 29.0. The third-order valence-corrected chi connectivity index (χ3v) is 8.54. The summed E-state index contributed by atoms with van der Waals surface area (Å²) in [5, 5.41) is 4.44. The Morgan fingerprint density at radius 2 is 1.73 bits per heavy atom. The zero-order chi connectivity index (χ0) is 31.1. The number of hydrogen-bond donors (Lipinski definition) is 1. The average Bonchev–Trinajstić information content (AvgIpc) is 3.54. The van der Waals surface area contributed by atoms with Crippen LogP contribution in [0, 0.1) is 0 Å². The third kappa shape index (κ3) is 5.75. The molecule has 2 aromatic carbocycles. The van der Waals surface area contributed by atoms with Crippen LogP contribution in [-0.2, 0) is 12.7 Å². The molecule has 12 heteroatoms. The normalized spacial score (nSPS) is 15.2. The molecule has 0 aliphatic carbocycles. The van der Waals surface area contributed by atoms with Gasteiger partial charge in [-0.3, -0.25) is 4.79 Å². The molecular formula is C33H28ClF3N6O2. The Bertz CT molecular complexity index is 1870. The minimum Gasteiger partial charge on any atom is -0.464 e. The highest BCUT2D eigenvalue weighted by atomic mass is 35.5. The summed E-state index contributed by atoms with van der Waals surface area (Å²) in [7, 11) is 0. The van der Waals surface area contributed by atoms with Crippen molar-refractivity contribution >= 4 is 45.8 Å². The van der Waals surface area contributed by atoms with Gasteiger partial charge in [0.05, 0.1) is 22.9 Å². The lowest BCUT2D eigenvalue weighted by atomic mass is 10.0. The summed E-state index contributed by atoms with van der Waals surface area (Å²) in [5.41, 5.74) is 3.10. The Morgan fingerprint density at radius 3 is 2.51 bits per heavy atom. The van der Waals surface area contributed by atoms with Gasteiger partial charge in [-0.1, -0.05) is 23.7 Å². The van der Waals surface area contributed by atoms with Gasteiger partial charge in [-0.05, 0) is 59.7 Å². The van der Waals surface area contributed by atoms with E-state index in [0.717, 1.165) is 34.0 Å². The van der Waals surface area contributed by atoms with E-state index in [0.29, 0.717) is 56.3 Å². The molecule has 2 aliphatic rings. The fourth-order valence-corrected chi connectivity index (χ4v) is 6.19. The van der Waals surface area contributed by atoms with Gasteiger partial charge in [0.25, 0.3) is 5.91 Å². The SMILES string of the molecule is O=C(c1ccc(-c2cnc3c(c2)N(Cc2cc(Cl)ccc2C(F)(F)F)CCN3)cc1)N1CCN(c2nccc3occc23)CC1. The maximum Gasteiger partial charge on any atom is 0.416 e. The number of aromatic nitrogens is 2. The number of pyridine rings is 2. The summed E-state index contributed by atoms with van der Waals surface area (Å²) in [6.07, 6.45) is 0.617. The lowest BCUT2D eigenvalue weighted by Crippen LogP contribution is -2.49. The molecule has 0 bridgehead atoms. The first-order valence-corrected chi connectivity index (χ1v) is 14.9. The topological polar surface area (TPSA) is 77.7 Å². The summed E-state index contributed by atoms with van der Waals surface area (Å²) >= 11 is 6.08. The highest BCUT2D eigenvalue weighted by Gasteiger charge is 2.34. The molecule has 1 saturated heterocycles. The van der Waals surface area contributed by atoms with Gasteiger partial charge in [0, 0.05) is 74.4 Å². The van der Waals surface area contributed by atoms with E-state index in [4.69, 9.17) is 16.0 Å². The molecule has 5 heterocycles. The number of nitrogens with zero attached hydrogens (tertiary/aromatic N) is 5. The van der Waals surface area contributed by atoms with Gasteiger partial charge in [0.15, 0.2) is 0 Å². The molecule has 45 heavy (non-hydrogen) atoms. The predicted molar refractivity (Wildman–Crippen MR) is 168 cm³/mol. The van der Waals surface area contributed by atoms with Crippen molar-refractivity contribution in [3.63, 3.8) is 0 Å². The van der Waals surface area contributed by atoms with E-state index in [1.165, 1.54) is 12.1 Å². The minimum absolute atomic E-state index is 0.0310. The molecule has 0 unspecified atom stereocenters. The van der Waals surface area contributed by atoms with E-state index in [1.54, 1.807) is 30.8 Å². The average molecular weight is 633 g/mol. The standard InChI is InChI=1S/C33H28ClF3N6O2/c34-25-5-6-27(33(35,36)37)24(17-25)20-43-11-10-38-30-28(43)18-23(19-40-30)21-1-3-22(4-2-21)32(44)42-14-12-41(13-15-42)31-26-8-16-45-29(26)7-9-39-31/h1-9,16-19H,10-15,20H2,(H,38,40). The zero-order valence-electron chi connectivity index (χ0n) is 24.0. The summed E-state index contributed by atoms with van der Waals surface area (Å²) in [6.45, 7) is 3.52. The van der Waals surface area contributed by atoms with Gasteiger partial charge in [0.2, 0.25) is 0 Å². The molecule has 1 fully saturated rings. The van der Waals surface area contributed by atoms with E-state index in [9.17, 15) is 18.0 Å². The molecule has 0 atom stereocenters. The van der Waals surface area contributed by atoms with Crippen LogP contribution in [0.1, 0.15) is 21.5 Å². The molecule has 0 radical (unpaired) electrons. The first-order valence-electron chi connectivity index (χ1n) is 14.6. The van der Waals surface area contributed by atoms with Crippen LogP contribution in [-0.4, -0.2) is 60.0 Å². The fourth-order valence-electron chi connectivity index (χ4n) is 6.00. The fraction of sp³-hybridized carbons (Fsp3) is 0.242. The van der Waals surface area contributed by atoms with Crippen LogP contribution in [0.15, 0.2) is 83.7 Å². The molecule has 230 valence electrons. The second-order valence-corrected chi connectivity index (χ2v) is 11.5. The van der Waals surface area contributed by atoms with Gasteiger partial charge in [-0.2, -0.15) is 13.2 Å². The van der Waals surface area contributed by atoms with Crippen LogP contribution in [0.5, 0.6) is 0 Å². The van der Waals surface area contributed by atoms with Crippen LogP contribution >= 0.6 is 11.6 Å². The maximum atomic E-state index is 13.7. The Labute approximate surface area is 262 Å². The van der Waals surface area contributed by atoms with Gasteiger partial charge in [0.1, 0.15) is 17.2 Å². The molecule has 0 saturated carbocycles. The molecular weight excluding hydrogens is 605 g/mol. The van der Waals surface area contributed by atoms with Crippen LogP contribution < -0.4 is 15.1 Å². The largest absolute Gasteiger partial charge is 0.464 e. The Balaban J connectivity index is 1.06. The van der Waals surface area contributed by atoms with Crippen LogP contribution in [0.3, 0.4) is 0 Å². The highest BCUT2D eigenvalue weighted by molar-refractivity contribution is 6.30. The number of halogens is 4. The van der Waals surface area contributed by atoms with Gasteiger partial charge < -0.3 is 24.4 Å². The smallest absolute Gasteiger partial charge is 0.416 e. The van der Waals surface area contributed by atoms with Crippen molar-refractivity contribution in [3.8, 4) is 11.1 Å². The van der Waals surface area contributed by atoms with E-state index >= 15 is 0 Å². The van der Waals surface area contributed by atoms with Crippen molar-refractivity contribution < 1.29 is 22.4 Å². The second kappa shape index (κ2) is 11.6. The number of furan rings is 1. The van der Waals surface area contributed by atoms with Crippen LogP contribution in [0.25, 0.3) is 22.1 Å². The number of nitrogens with one attached hydrogen (secondary N) is 1. The number of fused-ring (bicyclic) bond motifs is 2. The van der Waals surface area contributed by atoms with Crippen LogP contribution in [0.4, 0.5) is 30.5 Å². The second-order valence-electron chi connectivity index (χ2n) is 11.1. The quantitative estimate of drug-likeness (QED) is 0.225. The molecule has 1 amide bonds. The molecule has 7 rings (SSSR count). The summed E-state index contributed by atoms with van der Waals surface area (Å²) in [6, 6.07) is 16.7. The van der Waals surface area contributed by atoms with E-state index < -0.39 is 11.7 Å². The van der Waals surface area contributed by atoms with E-state index in [-0.39, 0.29) is 23.0 Å². The van der Waals surface area contributed by atoms with Gasteiger partial charge >= 0.3 is 6.18 Å². The van der Waals surface area contributed by atoms with Crippen molar-refractivity contribution in [1.29, 1.82) is 0 Å². The number of alkyl halides is 3. The minimum atomic E-state index is -4.49. The van der Waals surface area contributed by atoms with E-state index in [2.05, 4.69) is 20.2 Å². The summed E-state index contributed by atoms with van der Waals surface area (Å²) < 4.78 is 46.7. The lowest BCUT2D eigenvalue weighted by Gasteiger charge is -2.35. The number of carbonyl (C=O) groups excluding carboxylic acids is 1. The third-order valence-electron chi connectivity index (χ3n) is 8.31. The lowest BCUT2D eigenvalue weighted by molar-refractivity contribution is -0.138. The number of piperazine rings is 1. The molecule has 2 aliphatic heterocycles. The number of benzene rings is 2. The van der Waals surface area contributed by atoms with E-state index in [1.807, 2.05) is 40.1 Å². The summed E-state index contributed by atoms with van der Waals surface area (Å²) in [5.74, 6) is 1.42. The van der Waals surface area contributed by atoms with Crippen molar-refractivity contribution in [2.24, 2.45) is 0 Å². The van der Waals surface area contributed by atoms with Crippen LogP contribution in [0.2, 0.25) is 5.02 Å². The Morgan fingerprint density at radius 1 is 0.933 bits per heavy atom. The number of hydrogen-bond acceptors (Lipinski definition) is 7. The molecule has 5 aromatic rings. The molecule has 1 N–H and O–H groups in total. The monoisotopic (exact) mass is 632 g/mol. The number of carbonyl (C=O) groups is 1. The number of anilines is 3. The summed E-state index contributed by atoms with van der Waals surface area (Å²) in [4.78, 5) is 28.3. The Hall–Kier alpha value is -4.77. The molecule has 3 aromatic heterocycles. The number of amides is 1. The van der Waals surface area contributed by atoms with Crippen molar-refractivity contribution in [2.45, 2.75) is 12.7 Å². The molecule has 0 spiro atoms.